The van der Waals surface area contributed by atoms with E-state index in [1.807, 2.05) is 19.0 Å². The van der Waals surface area contributed by atoms with Gasteiger partial charge in [0.2, 0.25) is 0 Å². The number of nitrogens with one attached hydrogen (secondary N) is 1. The Morgan fingerprint density at radius 3 is 2.57 bits per heavy atom. The van der Waals surface area contributed by atoms with Crippen molar-refractivity contribution in [1.29, 1.82) is 0 Å². The van der Waals surface area contributed by atoms with Gasteiger partial charge in [0.15, 0.2) is 5.78 Å². The second-order valence-corrected chi connectivity index (χ2v) is 9.53. The normalized spacial score (nSPS) is 12.6. The molecule has 13 heteroatoms. The predicted octanol–water partition coefficient (Wildman–Crippen LogP) is 4.88. The number of benzene rings is 1. The molecule has 0 bridgehead atoms. The zero-order valence-corrected chi connectivity index (χ0v) is 20.6. The third kappa shape index (κ3) is 6.53. The summed E-state index contributed by atoms with van der Waals surface area (Å²) in [6, 6.07) is 2.95. The Kier molecular flexibility index (Phi) is 8.08. The molecule has 1 atom stereocenters. The number of ketones is 1. The summed E-state index contributed by atoms with van der Waals surface area (Å²) in [7, 11) is 3.67. The zero-order chi connectivity index (χ0) is 25.9. The number of halogens is 4. The van der Waals surface area contributed by atoms with E-state index in [1.165, 1.54) is 12.5 Å². The number of amides is 1. The Labute approximate surface area is 208 Å². The number of Topliss-reactive ketones (excluding diaryl/α,β-unsaturated/α-hetero) is 1. The van der Waals surface area contributed by atoms with Crippen molar-refractivity contribution >= 4 is 46.1 Å². The van der Waals surface area contributed by atoms with Crippen LogP contribution in [0.15, 0.2) is 30.7 Å². The van der Waals surface area contributed by atoms with Crippen LogP contribution in [0.2, 0.25) is 5.02 Å². The summed E-state index contributed by atoms with van der Waals surface area (Å²) < 4.78 is 38.6. The molecule has 3 aromatic rings. The Morgan fingerprint density at radius 2 is 1.94 bits per heavy atom. The minimum Gasteiger partial charge on any atom is -0.383 e. The van der Waals surface area contributed by atoms with Crippen molar-refractivity contribution in [2.75, 3.05) is 25.1 Å². The monoisotopic (exact) mass is 526 g/mol. The second-order valence-electron chi connectivity index (χ2n) is 8.06. The molecule has 1 aromatic carbocycles. The van der Waals surface area contributed by atoms with E-state index < -0.39 is 22.7 Å². The van der Waals surface area contributed by atoms with E-state index in [4.69, 9.17) is 17.3 Å². The van der Waals surface area contributed by atoms with E-state index in [0.717, 1.165) is 29.5 Å². The van der Waals surface area contributed by atoms with Gasteiger partial charge in [0.05, 0.1) is 21.8 Å². The quantitative estimate of drug-likeness (QED) is 0.402. The standard InChI is InChI=1S/C22H22ClF3N6O2S/c1-11(6-16(33)18-13(9-32(2)3)19(27)30-10-29-18)21-28-8-17(35-21)20(34)31-12-4-5-14(15(23)7-12)22(24,25)26/h4-5,7-8,10-11H,6,9H2,1-3H3,(H,31,34)(H2,27,29,30). The fraction of sp³-hybridized carbons (Fsp3) is 0.318. The molecule has 0 fully saturated rings. The predicted molar refractivity (Wildman–Crippen MR) is 128 cm³/mol. The highest BCUT2D eigenvalue weighted by atomic mass is 35.5. The van der Waals surface area contributed by atoms with Gasteiger partial charge >= 0.3 is 6.18 Å². The van der Waals surface area contributed by atoms with Crippen molar-refractivity contribution in [3.8, 4) is 0 Å². The van der Waals surface area contributed by atoms with E-state index in [2.05, 4.69) is 20.3 Å². The number of aromatic nitrogens is 3. The molecule has 3 N–H and O–H groups in total. The fourth-order valence-corrected chi connectivity index (χ4v) is 4.39. The van der Waals surface area contributed by atoms with Crippen molar-refractivity contribution in [1.82, 2.24) is 19.9 Å². The number of rotatable bonds is 8. The number of hydrogen-bond donors (Lipinski definition) is 2. The summed E-state index contributed by atoms with van der Waals surface area (Å²) in [6.07, 6.45) is -1.92. The maximum atomic E-state index is 12.9. The summed E-state index contributed by atoms with van der Waals surface area (Å²) in [5.41, 5.74) is 5.85. The fourth-order valence-electron chi connectivity index (χ4n) is 3.24. The number of alkyl halides is 3. The molecule has 0 saturated carbocycles. The van der Waals surface area contributed by atoms with Crippen molar-refractivity contribution < 1.29 is 22.8 Å². The zero-order valence-electron chi connectivity index (χ0n) is 19.0. The average molecular weight is 527 g/mol. The molecular formula is C22H22ClF3N6O2S. The minimum atomic E-state index is -4.59. The topological polar surface area (TPSA) is 114 Å². The molecule has 3 rings (SSSR count). The van der Waals surface area contributed by atoms with Gasteiger partial charge in [-0.05, 0) is 32.3 Å². The highest BCUT2D eigenvalue weighted by Gasteiger charge is 2.33. The molecule has 1 unspecified atom stereocenters. The number of thiazole rings is 1. The SMILES string of the molecule is CC(CC(=O)c1ncnc(N)c1CN(C)C)c1ncc(C(=O)Nc2ccc(C(F)(F)F)c(Cl)c2)s1. The third-order valence-corrected chi connectivity index (χ3v) is 6.45. The second kappa shape index (κ2) is 10.7. The first-order valence-electron chi connectivity index (χ1n) is 10.3. The van der Waals surface area contributed by atoms with Crippen LogP contribution in [0.5, 0.6) is 0 Å². The Balaban J connectivity index is 1.70. The maximum Gasteiger partial charge on any atom is 0.417 e. The number of hydrogen-bond acceptors (Lipinski definition) is 8. The number of nitrogen functional groups attached to an aromatic ring is 1. The van der Waals surface area contributed by atoms with Crippen LogP contribution in [-0.2, 0) is 12.7 Å². The largest absolute Gasteiger partial charge is 0.417 e. The lowest BCUT2D eigenvalue weighted by molar-refractivity contribution is -0.137. The van der Waals surface area contributed by atoms with Crippen LogP contribution in [-0.4, -0.2) is 45.6 Å². The lowest BCUT2D eigenvalue weighted by Crippen LogP contribution is -2.19. The lowest BCUT2D eigenvalue weighted by Gasteiger charge is -2.15. The van der Waals surface area contributed by atoms with Crippen LogP contribution in [0.25, 0.3) is 0 Å². The Hall–Kier alpha value is -3.09. The Morgan fingerprint density at radius 1 is 1.23 bits per heavy atom. The first-order chi connectivity index (χ1) is 16.4. The van der Waals surface area contributed by atoms with Gasteiger partial charge in [0, 0.05) is 30.1 Å². The van der Waals surface area contributed by atoms with Gasteiger partial charge in [-0.25, -0.2) is 15.0 Å². The molecule has 0 saturated heterocycles. The summed E-state index contributed by atoms with van der Waals surface area (Å²) >= 11 is 6.79. The number of carbonyl (C=O) groups excluding carboxylic acids is 2. The number of nitrogens with two attached hydrogens (primary N) is 1. The molecule has 0 radical (unpaired) electrons. The highest BCUT2D eigenvalue weighted by molar-refractivity contribution is 7.13. The van der Waals surface area contributed by atoms with E-state index >= 15 is 0 Å². The summed E-state index contributed by atoms with van der Waals surface area (Å²) in [4.78, 5) is 39.9. The van der Waals surface area contributed by atoms with Crippen molar-refractivity contribution in [3.63, 3.8) is 0 Å². The molecular weight excluding hydrogens is 505 g/mol. The van der Waals surface area contributed by atoms with Gasteiger partial charge < -0.3 is 16.0 Å². The van der Waals surface area contributed by atoms with Gasteiger partial charge in [-0.2, -0.15) is 13.2 Å². The van der Waals surface area contributed by atoms with Crippen LogP contribution >= 0.6 is 22.9 Å². The van der Waals surface area contributed by atoms with Crippen molar-refractivity contribution in [2.24, 2.45) is 0 Å². The van der Waals surface area contributed by atoms with E-state index in [0.29, 0.717) is 17.1 Å². The summed E-state index contributed by atoms with van der Waals surface area (Å²) in [5.74, 6) is -0.872. The van der Waals surface area contributed by atoms with Crippen LogP contribution in [0.3, 0.4) is 0 Å². The minimum absolute atomic E-state index is 0.0833. The number of carbonyl (C=O) groups is 2. The molecule has 0 spiro atoms. The molecule has 2 heterocycles. The summed E-state index contributed by atoms with van der Waals surface area (Å²) in [5, 5.41) is 2.53. The van der Waals surface area contributed by atoms with Crippen LogP contribution in [0.1, 0.15) is 55.6 Å². The van der Waals surface area contributed by atoms with Gasteiger partial charge in [0.25, 0.3) is 5.91 Å². The van der Waals surface area contributed by atoms with E-state index in [-0.39, 0.29) is 40.2 Å². The van der Waals surface area contributed by atoms with Gasteiger partial charge in [-0.3, -0.25) is 9.59 Å². The smallest absolute Gasteiger partial charge is 0.383 e. The molecule has 8 nitrogen and oxygen atoms in total. The van der Waals surface area contributed by atoms with Gasteiger partial charge in [-0.1, -0.05) is 18.5 Å². The molecule has 1 amide bonds. The van der Waals surface area contributed by atoms with Crippen LogP contribution < -0.4 is 11.1 Å². The summed E-state index contributed by atoms with van der Waals surface area (Å²) in [6.45, 7) is 2.20. The lowest BCUT2D eigenvalue weighted by atomic mass is 10.0. The van der Waals surface area contributed by atoms with Gasteiger partial charge in [0.1, 0.15) is 22.7 Å². The molecule has 35 heavy (non-hydrogen) atoms. The average Bonchev–Trinajstić information content (AvgIpc) is 3.24. The maximum absolute atomic E-state index is 12.9. The first-order valence-corrected chi connectivity index (χ1v) is 11.5. The van der Waals surface area contributed by atoms with Crippen molar-refractivity contribution in [2.45, 2.75) is 32.0 Å². The van der Waals surface area contributed by atoms with Crippen LogP contribution in [0, 0.1) is 0 Å². The third-order valence-electron chi connectivity index (χ3n) is 4.91. The van der Waals surface area contributed by atoms with Gasteiger partial charge in [-0.15, -0.1) is 11.3 Å². The molecule has 0 aliphatic heterocycles. The van der Waals surface area contributed by atoms with Crippen molar-refractivity contribution in [3.05, 3.63) is 62.5 Å². The van der Waals surface area contributed by atoms with E-state index in [1.54, 1.807) is 6.92 Å². The Bertz CT molecular complexity index is 1250. The highest BCUT2D eigenvalue weighted by Crippen LogP contribution is 2.36. The molecule has 186 valence electrons. The molecule has 0 aliphatic carbocycles. The van der Waals surface area contributed by atoms with E-state index in [9.17, 15) is 22.8 Å². The molecule has 2 aromatic heterocycles. The number of nitrogens with zero attached hydrogens (tertiary/aromatic N) is 4. The van der Waals surface area contributed by atoms with Crippen LogP contribution in [0.4, 0.5) is 24.7 Å². The number of anilines is 2. The first kappa shape index (κ1) is 26.5. The molecule has 0 aliphatic rings.